The molecule has 16 heteroatoms. The van der Waals surface area contributed by atoms with E-state index in [1.165, 1.54) is 9.96 Å². The topological polar surface area (TPSA) is 184 Å². The van der Waals surface area contributed by atoms with E-state index in [4.69, 9.17) is 19.4 Å². The van der Waals surface area contributed by atoms with Crippen molar-refractivity contribution in [2.75, 3.05) is 64.0 Å². The van der Waals surface area contributed by atoms with Gasteiger partial charge in [-0.3, -0.25) is 14.2 Å². The van der Waals surface area contributed by atoms with E-state index in [2.05, 4.69) is 15.1 Å². The summed E-state index contributed by atoms with van der Waals surface area (Å²) in [5.74, 6) is -0.275. The number of methoxy groups -OCH3 is 1. The molecule has 2 aliphatic heterocycles. The van der Waals surface area contributed by atoms with Crippen molar-refractivity contribution in [2.45, 2.75) is 31.9 Å². The number of hydrogen-bond acceptors (Lipinski definition) is 11. The Morgan fingerprint density at radius 2 is 1.84 bits per heavy atom. The maximum atomic E-state index is 13.7. The van der Waals surface area contributed by atoms with E-state index in [9.17, 15) is 23.8 Å². The van der Waals surface area contributed by atoms with Crippen LogP contribution in [0.5, 0.6) is 0 Å². The zero-order valence-corrected chi connectivity index (χ0v) is 25.0. The second-order valence-electron chi connectivity index (χ2n) is 10.1. The highest BCUT2D eigenvalue weighted by Gasteiger charge is 2.33. The number of nitrogens with zero attached hydrogens (tertiary/aromatic N) is 5. The van der Waals surface area contributed by atoms with Crippen LogP contribution in [0.3, 0.4) is 0 Å². The Balaban J connectivity index is 1.58. The van der Waals surface area contributed by atoms with E-state index in [0.29, 0.717) is 30.3 Å². The van der Waals surface area contributed by atoms with Crippen LogP contribution in [0.15, 0.2) is 36.4 Å². The van der Waals surface area contributed by atoms with Gasteiger partial charge in [-0.25, -0.2) is 14.8 Å². The average molecular weight is 621 g/mol. The molecular formula is C27H37N6O9P. The Morgan fingerprint density at radius 3 is 2.47 bits per heavy atom. The molecule has 1 aromatic heterocycles. The van der Waals surface area contributed by atoms with E-state index >= 15 is 0 Å². The molecule has 0 bridgehead atoms. The van der Waals surface area contributed by atoms with Crippen LogP contribution in [0.4, 0.5) is 10.6 Å². The number of nitrogens with one attached hydrogen (secondary N) is 1. The lowest BCUT2D eigenvalue weighted by molar-refractivity contribution is -0.154. The maximum Gasteiger partial charge on any atom is 0.525 e. The predicted octanol–water partition coefficient (Wildman–Crippen LogP) is 1.83. The normalized spacial score (nSPS) is 19.5. The van der Waals surface area contributed by atoms with Gasteiger partial charge >= 0.3 is 13.8 Å². The van der Waals surface area contributed by atoms with Gasteiger partial charge in [-0.1, -0.05) is 30.3 Å². The van der Waals surface area contributed by atoms with Crippen molar-refractivity contribution in [3.8, 4) is 11.4 Å². The van der Waals surface area contributed by atoms with Crippen LogP contribution < -0.4 is 10.2 Å². The first kappa shape index (κ1) is 32.3. The van der Waals surface area contributed by atoms with Crippen molar-refractivity contribution < 1.29 is 43.0 Å². The van der Waals surface area contributed by atoms with Crippen molar-refractivity contribution in [1.82, 2.24) is 25.2 Å². The summed E-state index contributed by atoms with van der Waals surface area (Å²) >= 11 is 0. The van der Waals surface area contributed by atoms with Crippen LogP contribution >= 0.6 is 7.60 Å². The zero-order chi connectivity index (χ0) is 31.0. The number of ether oxygens (including phenoxy) is 1. The van der Waals surface area contributed by atoms with Crippen LogP contribution in [-0.4, -0.2) is 119 Å². The Morgan fingerprint density at radius 1 is 1.12 bits per heavy atom. The van der Waals surface area contributed by atoms with Gasteiger partial charge in [-0.15, -0.1) is 5.06 Å². The summed E-state index contributed by atoms with van der Waals surface area (Å²) < 4.78 is 22.9. The Hall–Kier alpha value is -3.62. The number of carbonyl (C=O) groups excluding carboxylic acids is 2. The standard InChI is InChI=1S/C27H37N6O9P/c1-3-41-43(38,39)16-10-21(26(35)31-12-14-33(15-13-31)42-27(36)37)29-25(34)22-17-23(32-11-9-20(18-32)40-2)30-24(28-22)19-7-5-4-6-8-19/h4-8,17,20-21H,3,9-16,18H2,1-2H3,(H,29,34)(H,36,37)(H,38,39)/t20-,21-/m0/s1. The zero-order valence-electron chi connectivity index (χ0n) is 24.1. The molecule has 43 heavy (non-hydrogen) atoms. The average Bonchev–Trinajstić information content (AvgIpc) is 3.49. The van der Waals surface area contributed by atoms with E-state index in [1.54, 1.807) is 20.1 Å². The van der Waals surface area contributed by atoms with Gasteiger partial charge in [0.05, 0.1) is 32.0 Å². The molecule has 0 radical (unpaired) electrons. The molecule has 2 aliphatic rings. The third kappa shape index (κ3) is 8.94. The van der Waals surface area contributed by atoms with E-state index in [-0.39, 0.29) is 57.2 Å². The fourth-order valence-electron chi connectivity index (χ4n) is 4.94. The first-order valence-corrected chi connectivity index (χ1v) is 15.8. The van der Waals surface area contributed by atoms with Gasteiger partial charge in [0.25, 0.3) is 5.91 Å². The van der Waals surface area contributed by atoms with Gasteiger partial charge in [0.2, 0.25) is 5.91 Å². The summed E-state index contributed by atoms with van der Waals surface area (Å²) in [6.45, 7) is 3.37. The SMILES string of the molecule is CCOP(=O)(O)CC[C@H](NC(=O)c1cc(N2CC[C@H](OC)C2)nc(-c2ccccc2)n1)C(=O)N1CCN(OC(=O)O)CC1. The minimum absolute atomic E-state index is 0.0106. The second kappa shape index (κ2) is 14.7. The monoisotopic (exact) mass is 620 g/mol. The molecule has 2 aromatic rings. The van der Waals surface area contributed by atoms with Crippen LogP contribution in [0, 0.1) is 0 Å². The highest BCUT2D eigenvalue weighted by Crippen LogP contribution is 2.42. The molecule has 4 rings (SSSR count). The summed E-state index contributed by atoms with van der Waals surface area (Å²) in [6, 6.07) is 9.57. The number of carbonyl (C=O) groups is 3. The van der Waals surface area contributed by atoms with Crippen molar-refractivity contribution >= 4 is 31.4 Å². The van der Waals surface area contributed by atoms with Gasteiger partial charge in [0, 0.05) is 44.9 Å². The molecule has 2 saturated heterocycles. The number of amides is 2. The van der Waals surface area contributed by atoms with Crippen LogP contribution in [0.25, 0.3) is 11.4 Å². The van der Waals surface area contributed by atoms with E-state index < -0.39 is 31.6 Å². The number of rotatable bonds is 12. The largest absolute Gasteiger partial charge is 0.525 e. The molecule has 0 saturated carbocycles. The Labute approximate surface area is 249 Å². The van der Waals surface area contributed by atoms with Crippen LogP contribution in [0.2, 0.25) is 0 Å². The first-order chi connectivity index (χ1) is 20.6. The van der Waals surface area contributed by atoms with Gasteiger partial charge < -0.3 is 39.2 Å². The molecule has 1 unspecified atom stereocenters. The lowest BCUT2D eigenvalue weighted by Crippen LogP contribution is -2.55. The first-order valence-electron chi connectivity index (χ1n) is 14.0. The lowest BCUT2D eigenvalue weighted by Gasteiger charge is -2.35. The molecule has 3 N–H and O–H groups in total. The van der Waals surface area contributed by atoms with Crippen molar-refractivity contribution in [3.63, 3.8) is 0 Å². The number of piperazine rings is 1. The van der Waals surface area contributed by atoms with E-state index in [0.717, 1.165) is 6.42 Å². The smallest absolute Gasteiger partial charge is 0.448 e. The number of aromatic nitrogens is 2. The molecule has 3 heterocycles. The quantitative estimate of drug-likeness (QED) is 0.292. The fraction of sp³-hybridized carbons (Fsp3) is 0.519. The third-order valence-electron chi connectivity index (χ3n) is 7.17. The molecule has 2 fully saturated rings. The summed E-state index contributed by atoms with van der Waals surface area (Å²) in [5.41, 5.74) is 0.729. The molecule has 234 valence electrons. The van der Waals surface area contributed by atoms with Crippen LogP contribution in [-0.2, 0) is 23.5 Å². The van der Waals surface area contributed by atoms with Crippen molar-refractivity contribution in [1.29, 1.82) is 0 Å². The van der Waals surface area contributed by atoms with Gasteiger partial charge in [0.15, 0.2) is 5.82 Å². The number of hydroxylamine groups is 2. The summed E-state index contributed by atoms with van der Waals surface area (Å²) in [5, 5.41) is 12.8. The molecule has 0 spiro atoms. The molecule has 0 aliphatic carbocycles. The van der Waals surface area contributed by atoms with Gasteiger partial charge in [0.1, 0.15) is 17.6 Å². The summed E-state index contributed by atoms with van der Waals surface area (Å²) in [4.78, 5) is 65.6. The third-order valence-corrected chi connectivity index (χ3v) is 8.66. The lowest BCUT2D eigenvalue weighted by atomic mass is 10.1. The number of benzene rings is 1. The Bertz CT molecular complexity index is 1330. The minimum atomic E-state index is -4.01. The molecule has 3 atom stereocenters. The highest BCUT2D eigenvalue weighted by atomic mass is 31.2. The molecule has 2 amide bonds. The fourth-order valence-corrected chi connectivity index (χ4v) is 6.05. The summed E-state index contributed by atoms with van der Waals surface area (Å²) in [7, 11) is -2.36. The highest BCUT2D eigenvalue weighted by molar-refractivity contribution is 7.52. The molecule has 1 aromatic carbocycles. The summed E-state index contributed by atoms with van der Waals surface area (Å²) in [6.07, 6.45) is -1.17. The number of carboxylic acid groups (broad SMARTS) is 1. The number of hydrogen-bond donors (Lipinski definition) is 3. The predicted molar refractivity (Wildman–Crippen MR) is 155 cm³/mol. The molecule has 15 nitrogen and oxygen atoms in total. The van der Waals surface area contributed by atoms with Crippen LogP contribution in [0.1, 0.15) is 30.3 Å². The van der Waals surface area contributed by atoms with Crippen molar-refractivity contribution in [2.24, 2.45) is 0 Å². The molecular weight excluding hydrogens is 583 g/mol. The maximum absolute atomic E-state index is 13.7. The van der Waals surface area contributed by atoms with Crippen molar-refractivity contribution in [3.05, 3.63) is 42.1 Å². The van der Waals surface area contributed by atoms with E-state index in [1.807, 2.05) is 35.2 Å². The van der Waals surface area contributed by atoms with Gasteiger partial charge in [-0.2, -0.15) is 0 Å². The second-order valence-corrected chi connectivity index (χ2v) is 12.1. The number of anilines is 1. The van der Waals surface area contributed by atoms with Gasteiger partial charge in [-0.05, 0) is 19.8 Å². The Kier molecular flexibility index (Phi) is 11.0. The minimum Gasteiger partial charge on any atom is -0.448 e.